The summed E-state index contributed by atoms with van der Waals surface area (Å²) >= 11 is 12.5. The molecule has 0 fully saturated rings. The Morgan fingerprint density at radius 3 is 1.82 bits per heavy atom. The highest BCUT2D eigenvalue weighted by Crippen LogP contribution is 2.16. The van der Waals surface area contributed by atoms with Gasteiger partial charge in [-0.2, -0.15) is 0 Å². The van der Waals surface area contributed by atoms with E-state index in [9.17, 15) is 0 Å². The minimum atomic E-state index is 0.161. The molecule has 0 saturated carbocycles. The first-order valence-corrected chi connectivity index (χ1v) is 7.77. The topological polar surface area (TPSA) is 6.48 Å². The first-order chi connectivity index (χ1) is 8.14. The molecule has 0 bridgehead atoms. The van der Waals surface area contributed by atoms with Gasteiger partial charge in [0.2, 0.25) is 0 Å². The van der Waals surface area contributed by atoms with E-state index in [-0.39, 0.29) is 5.38 Å². The van der Waals surface area contributed by atoms with E-state index in [4.69, 9.17) is 23.2 Å². The molecule has 17 heavy (non-hydrogen) atoms. The van der Waals surface area contributed by atoms with Crippen LogP contribution in [0.25, 0.3) is 0 Å². The first kappa shape index (κ1) is 17.5. The van der Waals surface area contributed by atoms with E-state index in [1.807, 2.05) is 0 Å². The van der Waals surface area contributed by atoms with Gasteiger partial charge in [-0.15, -0.1) is 23.2 Å². The lowest BCUT2D eigenvalue weighted by Gasteiger charge is -2.35. The molecule has 104 valence electrons. The summed E-state index contributed by atoms with van der Waals surface area (Å²) in [6.45, 7) is 13.9. The van der Waals surface area contributed by atoms with Gasteiger partial charge in [-0.3, -0.25) is 4.90 Å². The molecule has 0 aliphatic carbocycles. The van der Waals surface area contributed by atoms with Crippen molar-refractivity contribution >= 4 is 23.2 Å². The fraction of sp³-hybridized carbons (Fsp3) is 1.00. The zero-order chi connectivity index (χ0) is 13.3. The van der Waals surface area contributed by atoms with Crippen LogP contribution in [0, 0.1) is 0 Å². The van der Waals surface area contributed by atoms with E-state index >= 15 is 0 Å². The van der Waals surface area contributed by atoms with E-state index in [1.54, 1.807) is 0 Å². The zero-order valence-corrected chi connectivity index (χ0v) is 13.3. The van der Waals surface area contributed by atoms with Crippen LogP contribution in [-0.4, -0.2) is 59.8 Å². The maximum atomic E-state index is 6.59. The Bertz CT molecular complexity index is 171. The summed E-state index contributed by atoms with van der Waals surface area (Å²) in [5.41, 5.74) is 0. The molecular weight excluding hydrogens is 255 g/mol. The molecule has 0 amide bonds. The van der Waals surface area contributed by atoms with Crippen LogP contribution in [0.2, 0.25) is 0 Å². The smallest absolute Gasteiger partial charge is 0.0618 e. The van der Waals surface area contributed by atoms with Crippen LogP contribution in [0.15, 0.2) is 0 Å². The van der Waals surface area contributed by atoms with E-state index in [0.717, 1.165) is 39.1 Å². The van der Waals surface area contributed by atoms with Gasteiger partial charge in [-0.25, -0.2) is 0 Å². The third-order valence-electron chi connectivity index (χ3n) is 3.43. The highest BCUT2D eigenvalue weighted by Gasteiger charge is 2.24. The predicted octanol–water partition coefficient (Wildman–Crippen LogP) is 3.27. The lowest BCUT2D eigenvalue weighted by molar-refractivity contribution is 0.181. The summed E-state index contributed by atoms with van der Waals surface area (Å²) in [7, 11) is 0. The summed E-state index contributed by atoms with van der Waals surface area (Å²) in [6.07, 6.45) is 0.971. The van der Waals surface area contributed by atoms with E-state index < -0.39 is 0 Å². The standard InChI is InChI=1S/C13H28Cl2N2/c1-5-16(6-2)11-12(15)13(9-10-14)17(7-3)8-4/h12-13H,5-11H2,1-4H3. The largest absolute Gasteiger partial charge is 0.302 e. The predicted molar refractivity (Wildman–Crippen MR) is 79.5 cm³/mol. The van der Waals surface area contributed by atoms with Crippen molar-refractivity contribution in [2.24, 2.45) is 0 Å². The van der Waals surface area contributed by atoms with Gasteiger partial charge in [0.15, 0.2) is 0 Å². The van der Waals surface area contributed by atoms with Crippen LogP contribution in [-0.2, 0) is 0 Å². The van der Waals surface area contributed by atoms with Crippen molar-refractivity contribution in [2.75, 3.05) is 38.6 Å². The summed E-state index contributed by atoms with van der Waals surface area (Å²) in [5.74, 6) is 0.683. The van der Waals surface area contributed by atoms with Crippen LogP contribution < -0.4 is 0 Å². The number of alkyl halides is 2. The summed E-state index contributed by atoms with van der Waals surface area (Å²) < 4.78 is 0. The summed E-state index contributed by atoms with van der Waals surface area (Å²) in [5, 5.41) is 0.161. The van der Waals surface area contributed by atoms with Crippen molar-refractivity contribution < 1.29 is 0 Å². The van der Waals surface area contributed by atoms with Gasteiger partial charge in [0, 0.05) is 18.5 Å². The molecule has 2 unspecified atom stereocenters. The summed E-state index contributed by atoms with van der Waals surface area (Å²) in [6, 6.07) is 0.393. The van der Waals surface area contributed by atoms with Crippen LogP contribution >= 0.6 is 23.2 Å². The van der Waals surface area contributed by atoms with E-state index in [1.165, 1.54) is 0 Å². The third kappa shape index (κ3) is 6.28. The Balaban J connectivity index is 4.45. The molecule has 4 heteroatoms. The molecule has 0 aromatic rings. The second kappa shape index (κ2) is 10.4. The van der Waals surface area contributed by atoms with E-state index in [2.05, 4.69) is 37.5 Å². The van der Waals surface area contributed by atoms with Gasteiger partial charge < -0.3 is 4.90 Å². The number of nitrogens with zero attached hydrogens (tertiary/aromatic N) is 2. The van der Waals surface area contributed by atoms with Crippen LogP contribution in [0.5, 0.6) is 0 Å². The van der Waals surface area contributed by atoms with Gasteiger partial charge in [0.1, 0.15) is 0 Å². The molecule has 0 aromatic carbocycles. The third-order valence-corrected chi connectivity index (χ3v) is 4.08. The maximum absolute atomic E-state index is 6.59. The SMILES string of the molecule is CCN(CC)CC(Cl)C(CCCl)N(CC)CC. The Labute approximate surface area is 117 Å². The molecule has 0 heterocycles. The fourth-order valence-electron chi connectivity index (χ4n) is 2.25. The van der Waals surface area contributed by atoms with Crippen LogP contribution in [0.4, 0.5) is 0 Å². The van der Waals surface area contributed by atoms with Crippen molar-refractivity contribution in [1.82, 2.24) is 9.80 Å². The van der Waals surface area contributed by atoms with Crippen molar-refractivity contribution in [3.8, 4) is 0 Å². The Hall–Kier alpha value is 0.500. The van der Waals surface area contributed by atoms with Crippen LogP contribution in [0.3, 0.4) is 0 Å². The maximum Gasteiger partial charge on any atom is 0.0618 e. The van der Waals surface area contributed by atoms with Crippen molar-refractivity contribution in [3.05, 3.63) is 0 Å². The van der Waals surface area contributed by atoms with Crippen LogP contribution in [0.1, 0.15) is 34.1 Å². The molecule has 0 aliphatic heterocycles. The normalized spacial score (nSPS) is 15.5. The van der Waals surface area contributed by atoms with Gasteiger partial charge in [0.25, 0.3) is 0 Å². The number of rotatable bonds is 10. The van der Waals surface area contributed by atoms with Crippen molar-refractivity contribution in [3.63, 3.8) is 0 Å². The van der Waals surface area contributed by atoms with Gasteiger partial charge >= 0.3 is 0 Å². The molecule has 0 radical (unpaired) electrons. The molecule has 0 saturated heterocycles. The molecule has 0 rings (SSSR count). The Morgan fingerprint density at radius 2 is 1.47 bits per heavy atom. The van der Waals surface area contributed by atoms with Gasteiger partial charge in [-0.05, 0) is 32.6 Å². The highest BCUT2D eigenvalue weighted by molar-refractivity contribution is 6.21. The lowest BCUT2D eigenvalue weighted by Crippen LogP contribution is -2.46. The quantitative estimate of drug-likeness (QED) is 0.568. The van der Waals surface area contributed by atoms with Gasteiger partial charge in [0.05, 0.1) is 5.38 Å². The molecule has 0 aliphatic rings. The molecule has 2 atom stereocenters. The fourth-order valence-corrected chi connectivity index (χ4v) is 2.95. The monoisotopic (exact) mass is 282 g/mol. The minimum Gasteiger partial charge on any atom is -0.302 e. The molecule has 0 N–H and O–H groups in total. The number of halogens is 2. The molecule has 0 aromatic heterocycles. The highest BCUT2D eigenvalue weighted by atomic mass is 35.5. The minimum absolute atomic E-state index is 0.161. The Morgan fingerprint density at radius 1 is 0.941 bits per heavy atom. The second-order valence-corrected chi connectivity index (χ2v) is 5.21. The van der Waals surface area contributed by atoms with E-state index in [0.29, 0.717) is 11.9 Å². The number of hydrogen-bond donors (Lipinski definition) is 0. The Kier molecular flexibility index (Phi) is 10.7. The first-order valence-electron chi connectivity index (χ1n) is 6.80. The van der Waals surface area contributed by atoms with Crippen molar-refractivity contribution in [2.45, 2.75) is 45.5 Å². The molecule has 0 spiro atoms. The zero-order valence-electron chi connectivity index (χ0n) is 11.8. The molecular formula is C13H28Cl2N2. The average molecular weight is 283 g/mol. The number of hydrogen-bond acceptors (Lipinski definition) is 2. The summed E-state index contributed by atoms with van der Waals surface area (Å²) in [4.78, 5) is 4.80. The van der Waals surface area contributed by atoms with Gasteiger partial charge in [-0.1, -0.05) is 27.7 Å². The average Bonchev–Trinajstić information content (AvgIpc) is 2.35. The molecule has 2 nitrogen and oxygen atoms in total. The lowest BCUT2D eigenvalue weighted by atomic mass is 10.1. The van der Waals surface area contributed by atoms with Crippen molar-refractivity contribution in [1.29, 1.82) is 0 Å². The second-order valence-electron chi connectivity index (χ2n) is 4.27.